The lowest BCUT2D eigenvalue weighted by molar-refractivity contribution is -0.119. The van der Waals surface area contributed by atoms with Crippen molar-refractivity contribution in [3.05, 3.63) is 34.3 Å². The van der Waals surface area contributed by atoms with Gasteiger partial charge in [0.15, 0.2) is 0 Å². The molecule has 86 valence electrons. The summed E-state index contributed by atoms with van der Waals surface area (Å²) in [4.78, 5) is 11.7. The predicted octanol–water partition coefficient (Wildman–Crippen LogP) is 3.93. The highest BCUT2D eigenvalue weighted by atomic mass is 79.9. The maximum Gasteiger partial charge on any atom is 0.149 e. The number of Topliss-reactive ketones (excluding diaryl/α,β-unsaturated/α-hetero) is 1. The SMILES string of the molecule is Cc1ccc(CC(Br)C(=O)C2CC2)cc1Cl. The van der Waals surface area contributed by atoms with Gasteiger partial charge in [-0.05, 0) is 43.4 Å². The Bertz CT molecular complexity index is 412. The van der Waals surface area contributed by atoms with E-state index in [4.69, 9.17) is 11.6 Å². The van der Waals surface area contributed by atoms with Crippen molar-refractivity contribution in [1.82, 2.24) is 0 Å². The largest absolute Gasteiger partial charge is 0.298 e. The van der Waals surface area contributed by atoms with Gasteiger partial charge in [0.05, 0.1) is 4.83 Å². The van der Waals surface area contributed by atoms with E-state index in [1.807, 2.05) is 25.1 Å². The summed E-state index contributed by atoms with van der Waals surface area (Å²) in [5, 5.41) is 0.774. The number of carbonyl (C=O) groups excluding carboxylic acids is 1. The molecule has 1 atom stereocenters. The lowest BCUT2D eigenvalue weighted by Gasteiger charge is -2.09. The quantitative estimate of drug-likeness (QED) is 0.770. The zero-order chi connectivity index (χ0) is 11.7. The zero-order valence-electron chi connectivity index (χ0n) is 9.17. The van der Waals surface area contributed by atoms with Gasteiger partial charge in [-0.2, -0.15) is 0 Å². The number of ketones is 1. The highest BCUT2D eigenvalue weighted by molar-refractivity contribution is 9.10. The van der Waals surface area contributed by atoms with E-state index in [9.17, 15) is 4.79 Å². The minimum absolute atomic E-state index is 0.0567. The smallest absolute Gasteiger partial charge is 0.149 e. The summed E-state index contributed by atoms with van der Waals surface area (Å²) < 4.78 is 0. The van der Waals surface area contributed by atoms with Gasteiger partial charge >= 0.3 is 0 Å². The number of hydrogen-bond donors (Lipinski definition) is 0. The molecule has 0 spiro atoms. The molecule has 1 aromatic rings. The highest BCUT2D eigenvalue weighted by Crippen LogP contribution is 2.33. The Morgan fingerprint density at radius 3 is 2.81 bits per heavy atom. The molecule has 1 unspecified atom stereocenters. The molecule has 0 heterocycles. The van der Waals surface area contributed by atoms with Crippen LogP contribution in [0.25, 0.3) is 0 Å². The van der Waals surface area contributed by atoms with Gasteiger partial charge in [-0.15, -0.1) is 0 Å². The number of hydrogen-bond acceptors (Lipinski definition) is 1. The molecule has 0 aromatic heterocycles. The van der Waals surface area contributed by atoms with Crippen LogP contribution in [0.4, 0.5) is 0 Å². The van der Waals surface area contributed by atoms with Crippen LogP contribution in [0.3, 0.4) is 0 Å². The van der Waals surface area contributed by atoms with E-state index in [0.717, 1.165) is 35.4 Å². The Kier molecular flexibility index (Phi) is 3.70. The minimum atomic E-state index is -0.0567. The molecule has 16 heavy (non-hydrogen) atoms. The van der Waals surface area contributed by atoms with Crippen LogP contribution in [0.5, 0.6) is 0 Å². The number of halogens is 2. The predicted molar refractivity (Wildman–Crippen MR) is 70.3 cm³/mol. The Morgan fingerprint density at radius 1 is 1.56 bits per heavy atom. The first-order valence-corrected chi connectivity index (χ1v) is 6.80. The maximum absolute atomic E-state index is 11.8. The molecule has 1 aliphatic rings. The number of rotatable bonds is 4. The highest BCUT2D eigenvalue weighted by Gasteiger charge is 2.33. The van der Waals surface area contributed by atoms with Crippen LogP contribution in [-0.4, -0.2) is 10.6 Å². The van der Waals surface area contributed by atoms with Gasteiger partial charge in [-0.1, -0.05) is 39.7 Å². The summed E-state index contributed by atoms with van der Waals surface area (Å²) in [6.45, 7) is 1.98. The molecular formula is C13H14BrClO. The fourth-order valence-electron chi connectivity index (χ4n) is 1.69. The standard InChI is InChI=1S/C13H14BrClO/c1-8-2-3-9(7-12(8)15)6-11(14)13(16)10-4-5-10/h2-3,7,10-11H,4-6H2,1H3. The molecule has 0 aliphatic heterocycles. The maximum atomic E-state index is 11.8. The van der Waals surface area contributed by atoms with Crippen molar-refractivity contribution in [2.75, 3.05) is 0 Å². The van der Waals surface area contributed by atoms with Gasteiger partial charge in [0.2, 0.25) is 0 Å². The van der Waals surface area contributed by atoms with Crippen LogP contribution < -0.4 is 0 Å². The third-order valence-corrected chi connectivity index (χ3v) is 4.12. The molecule has 0 N–H and O–H groups in total. The molecule has 1 aliphatic carbocycles. The second-order valence-corrected chi connectivity index (χ2v) is 5.94. The van der Waals surface area contributed by atoms with E-state index in [2.05, 4.69) is 15.9 Å². The van der Waals surface area contributed by atoms with Crippen LogP contribution in [0.1, 0.15) is 24.0 Å². The molecule has 1 nitrogen and oxygen atoms in total. The van der Waals surface area contributed by atoms with Gasteiger partial charge in [-0.3, -0.25) is 4.79 Å². The van der Waals surface area contributed by atoms with E-state index < -0.39 is 0 Å². The average molecular weight is 302 g/mol. The van der Waals surface area contributed by atoms with Crippen molar-refractivity contribution in [2.24, 2.45) is 5.92 Å². The summed E-state index contributed by atoms with van der Waals surface area (Å²) in [6.07, 6.45) is 2.86. The van der Waals surface area contributed by atoms with E-state index in [0.29, 0.717) is 11.7 Å². The third kappa shape index (κ3) is 2.86. The fourth-order valence-corrected chi connectivity index (χ4v) is 2.65. The van der Waals surface area contributed by atoms with Crippen molar-refractivity contribution < 1.29 is 4.79 Å². The lowest BCUT2D eigenvalue weighted by Crippen LogP contribution is -2.18. The molecule has 1 fully saturated rings. The van der Waals surface area contributed by atoms with E-state index in [1.54, 1.807) is 0 Å². The Morgan fingerprint density at radius 2 is 2.25 bits per heavy atom. The summed E-state index contributed by atoms with van der Waals surface area (Å²) in [6, 6.07) is 5.99. The van der Waals surface area contributed by atoms with Gasteiger partial charge in [-0.25, -0.2) is 0 Å². The molecule has 0 amide bonds. The second kappa shape index (κ2) is 4.89. The van der Waals surface area contributed by atoms with Crippen LogP contribution in [0.15, 0.2) is 18.2 Å². The van der Waals surface area contributed by atoms with E-state index in [1.165, 1.54) is 0 Å². The van der Waals surface area contributed by atoms with Crippen LogP contribution >= 0.6 is 27.5 Å². The molecule has 0 saturated heterocycles. The average Bonchev–Trinajstić information content (AvgIpc) is 3.06. The van der Waals surface area contributed by atoms with E-state index >= 15 is 0 Å². The third-order valence-electron chi connectivity index (χ3n) is 2.94. The molecule has 2 rings (SSSR count). The lowest BCUT2D eigenvalue weighted by atomic mass is 10.0. The van der Waals surface area contributed by atoms with Crippen molar-refractivity contribution >= 4 is 33.3 Å². The Labute approximate surface area is 109 Å². The van der Waals surface area contributed by atoms with Crippen molar-refractivity contribution in [3.8, 4) is 0 Å². The van der Waals surface area contributed by atoms with E-state index in [-0.39, 0.29) is 4.83 Å². The first-order valence-electron chi connectivity index (χ1n) is 5.51. The zero-order valence-corrected chi connectivity index (χ0v) is 11.5. The summed E-state index contributed by atoms with van der Waals surface area (Å²) in [7, 11) is 0. The van der Waals surface area contributed by atoms with Gasteiger partial charge in [0.25, 0.3) is 0 Å². The van der Waals surface area contributed by atoms with Gasteiger partial charge < -0.3 is 0 Å². The first kappa shape index (κ1) is 12.1. The monoisotopic (exact) mass is 300 g/mol. The molecule has 0 bridgehead atoms. The number of aryl methyl sites for hydroxylation is 1. The van der Waals surface area contributed by atoms with Crippen LogP contribution in [0, 0.1) is 12.8 Å². The van der Waals surface area contributed by atoms with Crippen LogP contribution in [-0.2, 0) is 11.2 Å². The summed E-state index contributed by atoms with van der Waals surface area (Å²) in [5.74, 6) is 0.655. The molecule has 3 heteroatoms. The van der Waals surface area contributed by atoms with Crippen molar-refractivity contribution in [2.45, 2.75) is 31.0 Å². The number of carbonyl (C=O) groups is 1. The summed E-state index contributed by atoms with van der Waals surface area (Å²) in [5.41, 5.74) is 2.19. The molecule has 0 radical (unpaired) electrons. The summed E-state index contributed by atoms with van der Waals surface area (Å²) >= 11 is 9.52. The number of alkyl halides is 1. The van der Waals surface area contributed by atoms with Crippen molar-refractivity contribution in [3.63, 3.8) is 0 Å². The number of benzene rings is 1. The van der Waals surface area contributed by atoms with Crippen LogP contribution in [0.2, 0.25) is 5.02 Å². The topological polar surface area (TPSA) is 17.1 Å². The van der Waals surface area contributed by atoms with Gasteiger partial charge in [0.1, 0.15) is 5.78 Å². The van der Waals surface area contributed by atoms with Crippen molar-refractivity contribution in [1.29, 1.82) is 0 Å². The minimum Gasteiger partial charge on any atom is -0.298 e. The Hall–Kier alpha value is -0.340. The molecule has 1 saturated carbocycles. The second-order valence-electron chi connectivity index (χ2n) is 4.43. The first-order chi connectivity index (χ1) is 7.58. The van der Waals surface area contributed by atoms with Gasteiger partial charge in [0, 0.05) is 10.9 Å². The normalized spacial score (nSPS) is 17.2. The Balaban J connectivity index is 2.02. The fraction of sp³-hybridized carbons (Fsp3) is 0.462. The molecule has 1 aromatic carbocycles. The molecular weight excluding hydrogens is 287 g/mol.